The minimum Gasteiger partial charge on any atom is -0.268 e. The van der Waals surface area contributed by atoms with Gasteiger partial charge in [0.15, 0.2) is 0 Å². The van der Waals surface area contributed by atoms with Gasteiger partial charge in [-0.05, 0) is 24.3 Å². The molecule has 0 saturated carbocycles. The summed E-state index contributed by atoms with van der Waals surface area (Å²) in [6.07, 6.45) is 0. The Labute approximate surface area is 131 Å². The molecule has 0 N–H and O–H groups in total. The largest absolute Gasteiger partial charge is 0.268 e. The van der Waals surface area contributed by atoms with Crippen LogP contribution in [-0.2, 0) is 0 Å². The number of nitrogens with zero attached hydrogens (tertiary/aromatic N) is 1. The highest BCUT2D eigenvalue weighted by Crippen LogP contribution is 2.36. The normalized spacial score (nSPS) is 13.8. The molecule has 1 aliphatic rings. The van der Waals surface area contributed by atoms with Crippen LogP contribution >= 0.6 is 11.6 Å². The molecule has 106 valence electrons. The van der Waals surface area contributed by atoms with Gasteiger partial charge < -0.3 is 0 Å². The molecular weight excluding hydrogens is 298 g/mol. The van der Waals surface area contributed by atoms with Gasteiger partial charge in [0.1, 0.15) is 0 Å². The van der Waals surface area contributed by atoms with Crippen molar-refractivity contribution in [3.05, 3.63) is 76.8 Å². The third-order valence-electron chi connectivity index (χ3n) is 3.88. The van der Waals surface area contributed by atoms with Gasteiger partial charge in [-0.15, -0.1) is 0 Å². The quantitative estimate of drug-likeness (QED) is 0.629. The van der Waals surface area contributed by atoms with Crippen molar-refractivity contribution in [3.63, 3.8) is 0 Å². The molecule has 0 spiro atoms. The van der Waals surface area contributed by atoms with Crippen LogP contribution in [0.2, 0.25) is 5.02 Å². The van der Waals surface area contributed by atoms with Gasteiger partial charge in [0.2, 0.25) is 0 Å². The zero-order chi connectivity index (χ0) is 15.3. The fraction of sp³-hybridized carbons (Fsp3) is 0. The van der Waals surface area contributed by atoms with E-state index in [0.717, 1.165) is 10.8 Å². The molecule has 4 heteroatoms. The molecule has 1 aliphatic heterocycles. The first-order valence-corrected chi connectivity index (χ1v) is 7.21. The van der Waals surface area contributed by atoms with Crippen LogP contribution in [0.1, 0.15) is 20.7 Å². The molecule has 0 radical (unpaired) electrons. The number of carbonyl (C=O) groups excluding carboxylic acids is 2. The van der Waals surface area contributed by atoms with Crippen LogP contribution in [0.15, 0.2) is 60.7 Å². The standard InChI is InChI=1S/C18H10ClNO2/c19-15-9-10-16(12-6-2-1-5-11(12)15)20-17(21)13-7-3-4-8-14(13)18(20)22/h1-10H. The topological polar surface area (TPSA) is 37.4 Å². The maximum absolute atomic E-state index is 12.6. The maximum Gasteiger partial charge on any atom is 0.266 e. The average Bonchev–Trinajstić information content (AvgIpc) is 2.81. The first-order chi connectivity index (χ1) is 10.7. The van der Waals surface area contributed by atoms with E-state index in [9.17, 15) is 9.59 Å². The van der Waals surface area contributed by atoms with Gasteiger partial charge in [-0.2, -0.15) is 0 Å². The number of halogens is 1. The first kappa shape index (κ1) is 13.0. The van der Waals surface area contributed by atoms with Crippen LogP contribution < -0.4 is 4.90 Å². The smallest absolute Gasteiger partial charge is 0.266 e. The SMILES string of the molecule is O=C1c2ccccc2C(=O)N1c1ccc(Cl)c2ccccc12. The molecule has 0 aliphatic carbocycles. The molecule has 3 aromatic rings. The second-order valence-corrected chi connectivity index (χ2v) is 5.51. The zero-order valence-corrected chi connectivity index (χ0v) is 12.2. The van der Waals surface area contributed by atoms with E-state index in [2.05, 4.69) is 0 Å². The lowest BCUT2D eigenvalue weighted by molar-refractivity contribution is 0.0926. The van der Waals surface area contributed by atoms with Gasteiger partial charge in [-0.25, -0.2) is 4.90 Å². The number of amides is 2. The Bertz CT molecular complexity index is 914. The van der Waals surface area contributed by atoms with E-state index in [-0.39, 0.29) is 11.8 Å². The van der Waals surface area contributed by atoms with E-state index in [0.29, 0.717) is 21.8 Å². The van der Waals surface area contributed by atoms with E-state index in [1.807, 2.05) is 24.3 Å². The molecule has 1 heterocycles. The third-order valence-corrected chi connectivity index (χ3v) is 4.21. The molecule has 4 rings (SSSR count). The number of hydrogen-bond acceptors (Lipinski definition) is 2. The predicted molar refractivity (Wildman–Crippen MR) is 86.5 cm³/mol. The average molecular weight is 308 g/mol. The Morgan fingerprint density at radius 3 is 1.86 bits per heavy atom. The van der Waals surface area contributed by atoms with Gasteiger partial charge in [0.25, 0.3) is 11.8 Å². The molecule has 0 atom stereocenters. The number of rotatable bonds is 1. The van der Waals surface area contributed by atoms with Crippen LogP contribution in [0.4, 0.5) is 5.69 Å². The van der Waals surface area contributed by atoms with Crippen molar-refractivity contribution < 1.29 is 9.59 Å². The van der Waals surface area contributed by atoms with Crippen molar-refractivity contribution in [1.29, 1.82) is 0 Å². The van der Waals surface area contributed by atoms with E-state index < -0.39 is 0 Å². The molecule has 3 nitrogen and oxygen atoms in total. The summed E-state index contributed by atoms with van der Waals surface area (Å²) in [6.45, 7) is 0. The number of fused-ring (bicyclic) bond motifs is 2. The predicted octanol–water partition coefficient (Wildman–Crippen LogP) is 4.29. The highest BCUT2D eigenvalue weighted by atomic mass is 35.5. The molecule has 0 unspecified atom stereocenters. The zero-order valence-electron chi connectivity index (χ0n) is 11.4. The fourth-order valence-corrected chi connectivity index (χ4v) is 3.08. The molecule has 22 heavy (non-hydrogen) atoms. The van der Waals surface area contributed by atoms with Crippen LogP contribution in [-0.4, -0.2) is 11.8 Å². The van der Waals surface area contributed by atoms with E-state index in [1.165, 1.54) is 4.90 Å². The van der Waals surface area contributed by atoms with Crippen molar-refractivity contribution in [2.75, 3.05) is 4.90 Å². The molecule has 0 saturated heterocycles. The van der Waals surface area contributed by atoms with E-state index in [1.54, 1.807) is 36.4 Å². The summed E-state index contributed by atoms with van der Waals surface area (Å²) in [5.41, 5.74) is 1.43. The van der Waals surface area contributed by atoms with Gasteiger partial charge >= 0.3 is 0 Å². The summed E-state index contributed by atoms with van der Waals surface area (Å²) in [5.74, 6) is -0.596. The Hall–Kier alpha value is -2.65. The minimum atomic E-state index is -0.298. The van der Waals surface area contributed by atoms with Crippen molar-refractivity contribution in [3.8, 4) is 0 Å². The third kappa shape index (κ3) is 1.69. The first-order valence-electron chi connectivity index (χ1n) is 6.83. The second-order valence-electron chi connectivity index (χ2n) is 5.10. The van der Waals surface area contributed by atoms with Gasteiger partial charge in [-0.3, -0.25) is 9.59 Å². The Morgan fingerprint density at radius 2 is 1.23 bits per heavy atom. The van der Waals surface area contributed by atoms with Crippen LogP contribution in [0.3, 0.4) is 0 Å². The van der Waals surface area contributed by atoms with Crippen LogP contribution in [0, 0.1) is 0 Å². The Balaban J connectivity index is 1.97. The lowest BCUT2D eigenvalue weighted by Gasteiger charge is -2.17. The van der Waals surface area contributed by atoms with Crippen LogP contribution in [0.5, 0.6) is 0 Å². The number of benzene rings is 3. The summed E-state index contributed by atoms with van der Waals surface area (Å²) < 4.78 is 0. The molecule has 0 bridgehead atoms. The molecule has 0 fully saturated rings. The van der Waals surface area contributed by atoms with Crippen molar-refractivity contribution in [1.82, 2.24) is 0 Å². The van der Waals surface area contributed by atoms with Gasteiger partial charge in [0.05, 0.1) is 16.8 Å². The monoisotopic (exact) mass is 307 g/mol. The van der Waals surface area contributed by atoms with Crippen molar-refractivity contribution >= 4 is 39.9 Å². The summed E-state index contributed by atoms with van der Waals surface area (Å²) >= 11 is 6.21. The van der Waals surface area contributed by atoms with Crippen LogP contribution in [0.25, 0.3) is 10.8 Å². The lowest BCUT2D eigenvalue weighted by Crippen LogP contribution is -2.29. The number of carbonyl (C=O) groups is 2. The molecule has 2 amide bonds. The highest BCUT2D eigenvalue weighted by molar-refractivity contribution is 6.39. The number of hydrogen-bond donors (Lipinski definition) is 0. The highest BCUT2D eigenvalue weighted by Gasteiger charge is 2.37. The fourth-order valence-electron chi connectivity index (χ4n) is 2.85. The molecular formula is C18H10ClNO2. The Kier molecular flexibility index (Phi) is 2.78. The van der Waals surface area contributed by atoms with E-state index in [4.69, 9.17) is 11.6 Å². The summed E-state index contributed by atoms with van der Waals surface area (Å²) in [4.78, 5) is 26.4. The molecule has 0 aromatic heterocycles. The summed E-state index contributed by atoms with van der Waals surface area (Å²) in [5, 5.41) is 2.19. The molecule has 3 aromatic carbocycles. The van der Waals surface area contributed by atoms with Gasteiger partial charge in [-0.1, -0.05) is 48.0 Å². The summed E-state index contributed by atoms with van der Waals surface area (Å²) in [7, 11) is 0. The number of anilines is 1. The number of imide groups is 1. The van der Waals surface area contributed by atoms with Crippen molar-refractivity contribution in [2.24, 2.45) is 0 Å². The Morgan fingerprint density at radius 1 is 0.682 bits per heavy atom. The van der Waals surface area contributed by atoms with Crippen molar-refractivity contribution in [2.45, 2.75) is 0 Å². The maximum atomic E-state index is 12.6. The van der Waals surface area contributed by atoms with E-state index >= 15 is 0 Å². The lowest BCUT2D eigenvalue weighted by atomic mass is 10.1. The van der Waals surface area contributed by atoms with Gasteiger partial charge in [0, 0.05) is 15.8 Å². The minimum absolute atomic E-state index is 0.298. The second kappa shape index (κ2) is 4.68. The summed E-state index contributed by atoms with van der Waals surface area (Å²) in [6, 6.07) is 17.8.